The molecule has 6 rings (SSSR count). The zero-order valence-corrected chi connectivity index (χ0v) is 31.5. The van der Waals surface area contributed by atoms with Gasteiger partial charge in [-0.05, 0) is 43.5 Å². The lowest BCUT2D eigenvalue weighted by molar-refractivity contribution is -0.645. The average Bonchev–Trinajstić information content (AvgIpc) is 3.11. The van der Waals surface area contributed by atoms with Gasteiger partial charge in [0.25, 0.3) is 0 Å². The molecule has 3 heterocycles. The van der Waals surface area contributed by atoms with Crippen LogP contribution in [0.25, 0.3) is 55.0 Å². The van der Waals surface area contributed by atoms with E-state index >= 15 is 0 Å². The van der Waals surface area contributed by atoms with Gasteiger partial charge in [0.05, 0.1) is 32.8 Å². The summed E-state index contributed by atoms with van der Waals surface area (Å²) in [6.07, 6.45) is 23.9. The van der Waals surface area contributed by atoms with Crippen LogP contribution in [-0.4, -0.2) is 16.4 Å². The van der Waals surface area contributed by atoms with Crippen LogP contribution in [0.4, 0.5) is 17.3 Å². The fourth-order valence-corrected chi connectivity index (χ4v) is 8.34. The zero-order valence-electron chi connectivity index (χ0n) is 31.5. The lowest BCUT2D eigenvalue weighted by atomic mass is 9.89. The topological polar surface area (TPSA) is 13.7 Å². The standard InChI is InChI=1S/C43H60N3.BF4/c1-4-7-10-13-16-19-31-44-34-25-22-27-36-40(34)43-41-35(44)26-23-28-37(41)46(33-21-18-15-12-9-6-3)39-30-24-29-38(42(39)43)45(36)32-20-17-14-11-8-5-2;2-1(3,4)5/h22-30H,4-21,31-33H2,1-3H3;/q+1;-1. The summed E-state index contributed by atoms with van der Waals surface area (Å²) in [4.78, 5) is 0. The molecule has 0 atom stereocenters. The molecule has 0 bridgehead atoms. The van der Waals surface area contributed by atoms with Gasteiger partial charge in [-0.15, -0.1) is 0 Å². The highest BCUT2D eigenvalue weighted by atomic mass is 19.5. The van der Waals surface area contributed by atoms with Crippen molar-refractivity contribution in [3.05, 3.63) is 54.6 Å². The Balaban J connectivity index is 0.000000943. The summed E-state index contributed by atoms with van der Waals surface area (Å²) >= 11 is 0. The number of aryl methyl sites for hydroxylation is 3. The number of pyridine rings is 3. The van der Waals surface area contributed by atoms with E-state index in [0.29, 0.717) is 0 Å². The van der Waals surface area contributed by atoms with Crippen molar-refractivity contribution >= 4 is 51.1 Å². The van der Waals surface area contributed by atoms with Crippen LogP contribution in [0.3, 0.4) is 0 Å². The maximum atomic E-state index is 9.75. The molecule has 0 spiro atoms. The van der Waals surface area contributed by atoms with Crippen molar-refractivity contribution in [3.8, 4) is 11.1 Å². The number of aromatic nitrogens is 3. The molecule has 1 aromatic heterocycles. The van der Waals surface area contributed by atoms with Gasteiger partial charge in [0.2, 0.25) is 11.0 Å². The van der Waals surface area contributed by atoms with Gasteiger partial charge in [0, 0.05) is 42.8 Å². The first kappa shape index (κ1) is 38.9. The summed E-state index contributed by atoms with van der Waals surface area (Å²) < 4.78 is 47.1. The summed E-state index contributed by atoms with van der Waals surface area (Å²) in [7, 11) is -6.00. The Morgan fingerprint density at radius 3 is 1.24 bits per heavy atom. The van der Waals surface area contributed by atoms with E-state index in [4.69, 9.17) is 0 Å². The number of halogens is 4. The van der Waals surface area contributed by atoms with E-state index in [0.717, 1.165) is 19.6 Å². The lowest BCUT2D eigenvalue weighted by Crippen LogP contribution is -2.36. The van der Waals surface area contributed by atoms with Crippen LogP contribution < -0.4 is 4.57 Å². The van der Waals surface area contributed by atoms with Gasteiger partial charge < -0.3 is 26.4 Å². The number of hydrogen-bond acceptors (Lipinski definition) is 0. The Morgan fingerprint density at radius 2 is 0.804 bits per heavy atom. The molecule has 3 aromatic carbocycles. The lowest BCUT2D eigenvalue weighted by Gasteiger charge is -2.28. The summed E-state index contributed by atoms with van der Waals surface area (Å²) in [5, 5.41) is 2.97. The average molecular weight is 706 g/mol. The minimum Gasteiger partial charge on any atom is -0.418 e. The molecule has 0 saturated heterocycles. The quantitative estimate of drug-likeness (QED) is 0.0177. The van der Waals surface area contributed by atoms with Crippen LogP contribution in [0, 0.1) is 0 Å². The molecular weight excluding hydrogens is 645 g/mol. The van der Waals surface area contributed by atoms with Crippen LogP contribution in [0.15, 0.2) is 54.6 Å². The Kier molecular flexibility index (Phi) is 14.5. The second-order valence-corrected chi connectivity index (χ2v) is 14.6. The van der Waals surface area contributed by atoms with E-state index in [1.54, 1.807) is 0 Å². The van der Waals surface area contributed by atoms with Crippen LogP contribution in [0.1, 0.15) is 136 Å². The molecule has 278 valence electrons. The van der Waals surface area contributed by atoms with E-state index in [-0.39, 0.29) is 0 Å². The van der Waals surface area contributed by atoms with Crippen molar-refractivity contribution in [2.45, 2.75) is 156 Å². The van der Waals surface area contributed by atoms with E-state index in [1.165, 1.54) is 171 Å². The first-order valence-electron chi connectivity index (χ1n) is 20.3. The predicted molar refractivity (Wildman–Crippen MR) is 211 cm³/mol. The number of rotatable bonds is 21. The molecule has 0 amide bonds. The van der Waals surface area contributed by atoms with Crippen molar-refractivity contribution in [2.75, 3.05) is 0 Å². The fraction of sp³-hybridized carbons (Fsp3) is 0.558. The van der Waals surface area contributed by atoms with Crippen molar-refractivity contribution in [3.63, 3.8) is 0 Å². The first-order valence-corrected chi connectivity index (χ1v) is 20.3. The van der Waals surface area contributed by atoms with Crippen molar-refractivity contribution in [1.29, 1.82) is 0 Å². The number of hydrogen-bond donors (Lipinski definition) is 0. The molecule has 0 aliphatic carbocycles. The van der Waals surface area contributed by atoms with Gasteiger partial charge in [-0.2, -0.15) is 4.57 Å². The van der Waals surface area contributed by atoms with E-state index in [9.17, 15) is 17.3 Å². The third-order valence-electron chi connectivity index (χ3n) is 10.8. The number of nitrogens with zero attached hydrogens (tertiary/aromatic N) is 3. The maximum absolute atomic E-state index is 9.75. The Labute approximate surface area is 303 Å². The van der Waals surface area contributed by atoms with Gasteiger partial charge in [0.1, 0.15) is 6.54 Å². The smallest absolute Gasteiger partial charge is 0.418 e. The number of unbranched alkanes of at least 4 members (excludes halogenated alkanes) is 15. The number of benzene rings is 3. The molecule has 2 aliphatic rings. The van der Waals surface area contributed by atoms with Gasteiger partial charge in [-0.25, -0.2) is 0 Å². The molecule has 0 saturated carbocycles. The summed E-state index contributed by atoms with van der Waals surface area (Å²) in [6, 6.07) is 21.5. The molecule has 0 radical (unpaired) electrons. The zero-order chi connectivity index (χ0) is 36.2. The fourth-order valence-electron chi connectivity index (χ4n) is 8.34. The molecule has 4 aromatic rings. The van der Waals surface area contributed by atoms with Gasteiger partial charge in [-0.1, -0.05) is 129 Å². The highest BCUT2D eigenvalue weighted by molar-refractivity contribution is 6.50. The predicted octanol–water partition coefficient (Wildman–Crippen LogP) is 14.1. The minimum absolute atomic E-state index is 1.09. The molecule has 51 heavy (non-hydrogen) atoms. The Hall–Kier alpha value is -3.29. The third kappa shape index (κ3) is 9.59. The maximum Gasteiger partial charge on any atom is 0.673 e. The highest BCUT2D eigenvalue weighted by Crippen LogP contribution is 2.47. The van der Waals surface area contributed by atoms with E-state index in [1.807, 2.05) is 0 Å². The SMILES string of the molecule is CCCCCCCCn1c2cccc3c2-c2c4c1cccc4[n+](CCCCCCCC)c1cccc(c21)n3CCCCCCCC.F[B-](F)(F)F. The largest absolute Gasteiger partial charge is 0.673 e. The molecule has 2 aliphatic heterocycles. The Morgan fingerprint density at radius 1 is 0.451 bits per heavy atom. The van der Waals surface area contributed by atoms with Crippen LogP contribution in [0.5, 0.6) is 0 Å². The van der Waals surface area contributed by atoms with Crippen molar-refractivity contribution in [2.24, 2.45) is 0 Å². The highest BCUT2D eigenvalue weighted by Gasteiger charge is 2.31. The van der Waals surface area contributed by atoms with E-state index in [2.05, 4.69) is 89.1 Å². The first-order chi connectivity index (χ1) is 24.8. The second-order valence-electron chi connectivity index (χ2n) is 14.6. The van der Waals surface area contributed by atoms with Crippen LogP contribution in [0.2, 0.25) is 0 Å². The minimum atomic E-state index is -6.00. The molecule has 8 heteroatoms. The van der Waals surface area contributed by atoms with Crippen molar-refractivity contribution < 1.29 is 21.8 Å². The van der Waals surface area contributed by atoms with Gasteiger partial charge in [-0.3, -0.25) is 0 Å². The third-order valence-corrected chi connectivity index (χ3v) is 10.8. The molecule has 0 N–H and O–H groups in total. The second kappa shape index (κ2) is 19.0. The Bertz CT molecular complexity index is 1770. The van der Waals surface area contributed by atoms with E-state index < -0.39 is 7.25 Å². The van der Waals surface area contributed by atoms with Gasteiger partial charge in [0.15, 0.2) is 0 Å². The van der Waals surface area contributed by atoms with Gasteiger partial charge >= 0.3 is 7.25 Å². The van der Waals surface area contributed by atoms with Crippen LogP contribution >= 0.6 is 0 Å². The normalized spacial score (nSPS) is 12.3. The summed E-state index contributed by atoms with van der Waals surface area (Å²) in [6.45, 7) is 10.2. The molecular formula is C43H60BF4N3. The summed E-state index contributed by atoms with van der Waals surface area (Å²) in [5.74, 6) is 0. The molecule has 0 unspecified atom stereocenters. The molecule has 3 nitrogen and oxygen atoms in total. The molecule has 0 fully saturated rings. The van der Waals surface area contributed by atoms with Crippen LogP contribution in [-0.2, 0) is 19.6 Å². The monoisotopic (exact) mass is 705 g/mol. The van der Waals surface area contributed by atoms with Crippen molar-refractivity contribution in [1.82, 2.24) is 9.13 Å². The summed E-state index contributed by atoms with van der Waals surface area (Å²) in [5.41, 5.74) is 11.5.